The van der Waals surface area contributed by atoms with Crippen LogP contribution in [0.15, 0.2) is 48.6 Å². The van der Waals surface area contributed by atoms with E-state index in [1.165, 1.54) is 0 Å². The van der Waals surface area contributed by atoms with Crippen molar-refractivity contribution in [3.63, 3.8) is 0 Å². The Kier molecular flexibility index (Phi) is 5.88. The van der Waals surface area contributed by atoms with Crippen molar-refractivity contribution in [1.29, 1.82) is 0 Å². The fraction of sp³-hybridized carbons (Fsp3) is 0.609. The lowest BCUT2D eigenvalue weighted by molar-refractivity contribution is -0.136. The van der Waals surface area contributed by atoms with E-state index in [2.05, 4.69) is 44.0 Å². The summed E-state index contributed by atoms with van der Waals surface area (Å²) < 4.78 is -0.684. The van der Waals surface area contributed by atoms with Crippen molar-refractivity contribution in [1.82, 2.24) is 0 Å². The number of carbonyl (C=O) groups is 1. The summed E-state index contributed by atoms with van der Waals surface area (Å²) in [6, 6.07) is 0. The van der Waals surface area contributed by atoms with Crippen LogP contribution < -0.4 is 0 Å². The molecule has 28 heavy (non-hydrogen) atoms. The van der Waals surface area contributed by atoms with Crippen molar-refractivity contribution < 1.29 is 4.79 Å². The Labute approximate surface area is 194 Å². The van der Waals surface area contributed by atoms with E-state index in [9.17, 15) is 4.79 Å². The molecule has 0 spiro atoms. The molecule has 0 amide bonds. The van der Waals surface area contributed by atoms with E-state index in [1.54, 1.807) is 0 Å². The van der Waals surface area contributed by atoms with Crippen molar-refractivity contribution in [2.75, 3.05) is 0 Å². The summed E-state index contributed by atoms with van der Waals surface area (Å²) in [5.74, 6) is 0.152. The minimum atomic E-state index is -0.828. The minimum Gasteiger partial charge on any atom is -0.297 e. The molecule has 4 unspecified atom stereocenters. The highest BCUT2D eigenvalue weighted by Gasteiger charge is 2.68. The van der Waals surface area contributed by atoms with Crippen molar-refractivity contribution in [3.05, 3.63) is 48.6 Å². The molecular formula is C23H26Br2Cl2O. The fourth-order valence-corrected chi connectivity index (χ4v) is 9.30. The number of rotatable bonds is 4. The Bertz CT molecular complexity index is 697. The van der Waals surface area contributed by atoms with Crippen LogP contribution in [-0.2, 0) is 4.79 Å². The molecule has 152 valence electrons. The number of carbonyl (C=O) groups excluding carboxylic acids is 1. The summed E-state index contributed by atoms with van der Waals surface area (Å²) in [5, 5.41) is -0.806. The van der Waals surface area contributed by atoms with E-state index >= 15 is 0 Å². The maximum atomic E-state index is 14.8. The molecule has 4 aliphatic carbocycles. The molecule has 0 heterocycles. The van der Waals surface area contributed by atoms with Gasteiger partial charge in [-0.2, -0.15) is 0 Å². The first-order valence-corrected chi connectivity index (χ1v) is 12.7. The number of ketones is 1. The van der Waals surface area contributed by atoms with Crippen molar-refractivity contribution >= 4 is 60.8 Å². The van der Waals surface area contributed by atoms with Crippen LogP contribution in [-0.4, -0.2) is 25.2 Å². The third kappa shape index (κ3) is 2.86. The molecule has 0 aromatic heterocycles. The van der Waals surface area contributed by atoms with Gasteiger partial charge in [0, 0.05) is 8.65 Å². The van der Waals surface area contributed by atoms with E-state index in [0.717, 1.165) is 51.4 Å². The van der Waals surface area contributed by atoms with E-state index < -0.39 is 21.6 Å². The second kappa shape index (κ2) is 7.70. The third-order valence-electron chi connectivity index (χ3n) is 7.40. The Balaban J connectivity index is 1.92. The fourth-order valence-electron chi connectivity index (χ4n) is 5.87. The predicted molar refractivity (Wildman–Crippen MR) is 126 cm³/mol. The van der Waals surface area contributed by atoms with Gasteiger partial charge in [-0.25, -0.2) is 0 Å². The van der Waals surface area contributed by atoms with Gasteiger partial charge in [0.1, 0.15) is 0 Å². The highest BCUT2D eigenvalue weighted by atomic mass is 79.9. The average Bonchev–Trinajstić information content (AvgIpc) is 3.32. The Morgan fingerprint density at radius 3 is 1.39 bits per heavy atom. The van der Waals surface area contributed by atoms with Gasteiger partial charge in [0.25, 0.3) is 0 Å². The van der Waals surface area contributed by atoms with Gasteiger partial charge in [-0.05, 0) is 25.7 Å². The largest absolute Gasteiger partial charge is 0.297 e. The topological polar surface area (TPSA) is 17.1 Å². The summed E-state index contributed by atoms with van der Waals surface area (Å²) in [5.41, 5.74) is -1.66. The Morgan fingerprint density at radius 1 is 0.714 bits per heavy atom. The van der Waals surface area contributed by atoms with Crippen LogP contribution in [0.3, 0.4) is 0 Å². The monoisotopic (exact) mass is 546 g/mol. The Morgan fingerprint density at radius 2 is 1.07 bits per heavy atom. The summed E-state index contributed by atoms with van der Waals surface area (Å²) in [6.07, 6.45) is 24.2. The first-order chi connectivity index (χ1) is 13.3. The first-order valence-electron chi connectivity index (χ1n) is 10.3. The van der Waals surface area contributed by atoms with E-state index in [-0.39, 0.29) is 14.4 Å². The maximum Gasteiger partial charge on any atom is 0.159 e. The normalized spacial score (nSPS) is 40.9. The summed E-state index contributed by atoms with van der Waals surface area (Å²) >= 11 is 22.1. The van der Waals surface area contributed by atoms with Crippen molar-refractivity contribution in [3.8, 4) is 0 Å². The number of allylic oxidation sites excluding steroid dienone is 8. The van der Waals surface area contributed by atoms with Crippen molar-refractivity contribution in [2.45, 2.75) is 70.8 Å². The summed E-state index contributed by atoms with van der Waals surface area (Å²) in [4.78, 5) is 14.8. The van der Waals surface area contributed by atoms with Gasteiger partial charge in [-0.3, -0.25) is 4.79 Å². The molecule has 2 saturated carbocycles. The molecule has 0 radical (unpaired) electrons. The molecule has 0 aromatic rings. The van der Waals surface area contributed by atoms with Crippen LogP contribution >= 0.6 is 55.1 Å². The third-order valence-corrected chi connectivity index (χ3v) is 11.3. The van der Waals surface area contributed by atoms with Gasteiger partial charge >= 0.3 is 0 Å². The van der Waals surface area contributed by atoms with E-state index in [4.69, 9.17) is 23.2 Å². The summed E-state index contributed by atoms with van der Waals surface area (Å²) in [6.45, 7) is 0. The standard InChI is InChI=1S/C23H26Br2Cl2O/c24-20(11-5-6-12-20)22(15-3-1-9-17(22)26)19(28)23(16-4-2-10-18(23)27)21(25)13-7-8-14-21/h1-4,9-10,15-18H,5-8,11-14H2. The average molecular weight is 549 g/mol. The minimum absolute atomic E-state index is 0.152. The predicted octanol–water partition coefficient (Wildman–Crippen LogP) is 7.41. The number of halogens is 4. The van der Waals surface area contributed by atoms with Crippen molar-refractivity contribution in [2.24, 2.45) is 10.8 Å². The maximum absolute atomic E-state index is 14.8. The smallest absolute Gasteiger partial charge is 0.159 e. The number of alkyl halides is 4. The second-order valence-electron chi connectivity index (χ2n) is 8.70. The SMILES string of the molecule is O=C(C1(C2(Br)CCCC2)C=CC=CC1Cl)C1(C2(Br)CCCC2)C=CC=CC1Cl. The van der Waals surface area contributed by atoms with Gasteiger partial charge in [0.2, 0.25) is 0 Å². The lowest BCUT2D eigenvalue weighted by Crippen LogP contribution is -2.64. The van der Waals surface area contributed by atoms with Crippen LogP contribution in [0.2, 0.25) is 0 Å². The molecule has 2 fully saturated rings. The highest BCUT2D eigenvalue weighted by Crippen LogP contribution is 2.64. The van der Waals surface area contributed by atoms with Crippen LogP contribution in [0.25, 0.3) is 0 Å². The summed E-state index contributed by atoms with van der Waals surface area (Å²) in [7, 11) is 0. The lowest BCUT2D eigenvalue weighted by Gasteiger charge is -2.54. The number of Topliss-reactive ketones (excluding diaryl/α,β-unsaturated/α-hetero) is 1. The second-order valence-corrected chi connectivity index (χ2v) is 12.7. The molecule has 0 aromatic carbocycles. The molecular weight excluding hydrogens is 523 g/mol. The zero-order valence-corrected chi connectivity index (χ0v) is 20.5. The number of hydrogen-bond donors (Lipinski definition) is 0. The zero-order chi connectivity index (χ0) is 20.0. The zero-order valence-electron chi connectivity index (χ0n) is 15.9. The quantitative estimate of drug-likeness (QED) is 0.334. The van der Waals surface area contributed by atoms with Gasteiger partial charge in [-0.15, -0.1) is 23.2 Å². The Hall–Kier alpha value is 0.170. The molecule has 1 nitrogen and oxygen atoms in total. The highest BCUT2D eigenvalue weighted by molar-refractivity contribution is 9.10. The van der Waals surface area contributed by atoms with Gasteiger partial charge < -0.3 is 0 Å². The van der Waals surface area contributed by atoms with E-state index in [0.29, 0.717) is 0 Å². The number of hydrogen-bond acceptors (Lipinski definition) is 1. The molecule has 4 atom stereocenters. The van der Waals surface area contributed by atoms with Crippen LogP contribution in [0.5, 0.6) is 0 Å². The van der Waals surface area contributed by atoms with Crippen LogP contribution in [0.1, 0.15) is 51.4 Å². The molecule has 0 aliphatic heterocycles. The molecule has 5 heteroatoms. The molecule has 4 rings (SSSR count). The van der Waals surface area contributed by atoms with Gasteiger partial charge in [0.05, 0.1) is 21.6 Å². The van der Waals surface area contributed by atoms with Gasteiger partial charge in [-0.1, -0.05) is 106 Å². The lowest BCUT2D eigenvalue weighted by atomic mass is 9.55. The molecule has 0 saturated heterocycles. The molecule has 4 aliphatic rings. The first kappa shape index (κ1) is 21.4. The van der Waals surface area contributed by atoms with Gasteiger partial charge in [0.15, 0.2) is 5.78 Å². The molecule has 0 N–H and O–H groups in total. The molecule has 0 bridgehead atoms. The van der Waals surface area contributed by atoms with Crippen LogP contribution in [0, 0.1) is 10.8 Å². The van der Waals surface area contributed by atoms with E-state index in [1.807, 2.05) is 36.5 Å². The van der Waals surface area contributed by atoms with Crippen LogP contribution in [0.4, 0.5) is 0 Å².